The van der Waals surface area contributed by atoms with Crippen LogP contribution in [0.5, 0.6) is 0 Å². The van der Waals surface area contributed by atoms with Crippen LogP contribution in [0.1, 0.15) is 46.5 Å². The number of likely N-dealkylation sites (tertiary alicyclic amines) is 1. The second kappa shape index (κ2) is 6.13. The Balaban J connectivity index is 1.88. The van der Waals surface area contributed by atoms with Gasteiger partial charge in [-0.05, 0) is 46.6 Å². The smallest absolute Gasteiger partial charge is 0.301 e. The standard InChI is InChI=1S/C15H25N3O3/c1-11-7-4-5-8-17(11)9-6-10-18-13(20)15(2,3)12(19)16-14(18)21/h11H,4-10H2,1-3H3,(H,16,19,21). The average Bonchev–Trinajstić information content (AvgIpc) is 2.43. The van der Waals surface area contributed by atoms with Gasteiger partial charge in [-0.25, -0.2) is 4.79 Å². The number of rotatable bonds is 4. The second-order valence-electron chi connectivity index (χ2n) is 6.58. The molecule has 0 aromatic heterocycles. The van der Waals surface area contributed by atoms with Crippen LogP contribution in [0.25, 0.3) is 0 Å². The molecule has 2 saturated heterocycles. The van der Waals surface area contributed by atoms with Gasteiger partial charge in [-0.1, -0.05) is 6.42 Å². The zero-order valence-corrected chi connectivity index (χ0v) is 13.1. The van der Waals surface area contributed by atoms with Crippen molar-refractivity contribution in [2.75, 3.05) is 19.6 Å². The molecule has 0 bridgehead atoms. The molecule has 2 aliphatic heterocycles. The fourth-order valence-electron chi connectivity index (χ4n) is 2.97. The van der Waals surface area contributed by atoms with E-state index >= 15 is 0 Å². The Bertz CT molecular complexity index is 447. The fourth-order valence-corrected chi connectivity index (χ4v) is 2.97. The topological polar surface area (TPSA) is 69.7 Å². The van der Waals surface area contributed by atoms with Crippen molar-refractivity contribution >= 4 is 17.8 Å². The third kappa shape index (κ3) is 3.26. The van der Waals surface area contributed by atoms with Crippen molar-refractivity contribution in [2.24, 2.45) is 5.41 Å². The van der Waals surface area contributed by atoms with E-state index in [-0.39, 0.29) is 0 Å². The largest absolute Gasteiger partial charge is 0.330 e. The minimum absolute atomic E-state index is 0.366. The van der Waals surface area contributed by atoms with Crippen molar-refractivity contribution in [1.82, 2.24) is 15.1 Å². The highest BCUT2D eigenvalue weighted by Crippen LogP contribution is 2.23. The summed E-state index contributed by atoms with van der Waals surface area (Å²) in [6.45, 7) is 7.66. The highest BCUT2D eigenvalue weighted by atomic mass is 16.2. The van der Waals surface area contributed by atoms with Crippen LogP contribution in [0.4, 0.5) is 4.79 Å². The first-order valence-electron chi connectivity index (χ1n) is 7.75. The Morgan fingerprint density at radius 3 is 2.57 bits per heavy atom. The molecule has 0 radical (unpaired) electrons. The Morgan fingerprint density at radius 1 is 1.19 bits per heavy atom. The van der Waals surface area contributed by atoms with Crippen LogP contribution in [0.15, 0.2) is 0 Å². The highest BCUT2D eigenvalue weighted by Gasteiger charge is 2.46. The lowest BCUT2D eigenvalue weighted by Crippen LogP contribution is -2.62. The average molecular weight is 295 g/mol. The van der Waals surface area contributed by atoms with Gasteiger partial charge in [0.1, 0.15) is 5.41 Å². The van der Waals surface area contributed by atoms with Crippen LogP contribution in [0, 0.1) is 5.41 Å². The number of carbonyl (C=O) groups excluding carboxylic acids is 3. The van der Waals surface area contributed by atoms with Crippen molar-refractivity contribution in [1.29, 1.82) is 0 Å². The van der Waals surface area contributed by atoms with Crippen LogP contribution < -0.4 is 5.32 Å². The van der Waals surface area contributed by atoms with E-state index in [0.717, 1.165) is 19.5 Å². The first-order chi connectivity index (χ1) is 9.84. The zero-order valence-electron chi connectivity index (χ0n) is 13.1. The van der Waals surface area contributed by atoms with Gasteiger partial charge in [0.25, 0.3) is 0 Å². The Kier molecular flexibility index (Phi) is 4.66. The number of nitrogens with one attached hydrogen (secondary N) is 1. The lowest BCUT2D eigenvalue weighted by molar-refractivity contribution is -0.149. The lowest BCUT2D eigenvalue weighted by Gasteiger charge is -2.36. The normalized spacial score (nSPS) is 26.9. The van der Waals surface area contributed by atoms with Gasteiger partial charge in [-0.15, -0.1) is 0 Å². The van der Waals surface area contributed by atoms with Crippen molar-refractivity contribution in [3.05, 3.63) is 0 Å². The molecular formula is C15H25N3O3. The summed E-state index contributed by atoms with van der Waals surface area (Å²) in [5.74, 6) is -0.915. The monoisotopic (exact) mass is 295 g/mol. The van der Waals surface area contributed by atoms with E-state index in [1.807, 2.05) is 0 Å². The summed E-state index contributed by atoms with van der Waals surface area (Å²) in [6.07, 6.45) is 4.45. The second-order valence-corrected chi connectivity index (χ2v) is 6.58. The molecule has 0 aliphatic carbocycles. The summed E-state index contributed by atoms with van der Waals surface area (Å²) >= 11 is 0. The summed E-state index contributed by atoms with van der Waals surface area (Å²) in [6, 6.07) is -0.0151. The van der Waals surface area contributed by atoms with Gasteiger partial charge >= 0.3 is 6.03 Å². The number of urea groups is 1. The first kappa shape index (κ1) is 15.9. The third-order valence-electron chi connectivity index (χ3n) is 4.58. The number of barbiturate groups is 1. The Morgan fingerprint density at radius 2 is 1.90 bits per heavy atom. The maximum atomic E-state index is 12.2. The van der Waals surface area contributed by atoms with Gasteiger partial charge in [0, 0.05) is 19.1 Å². The van der Waals surface area contributed by atoms with Gasteiger partial charge in [0.15, 0.2) is 0 Å². The molecular weight excluding hydrogens is 270 g/mol. The predicted octanol–water partition coefficient (Wildman–Crippen LogP) is 1.36. The molecule has 0 aromatic carbocycles. The molecule has 2 rings (SSSR count). The zero-order chi connectivity index (χ0) is 15.6. The van der Waals surface area contributed by atoms with E-state index in [2.05, 4.69) is 17.1 Å². The molecule has 6 heteroatoms. The molecule has 0 saturated carbocycles. The van der Waals surface area contributed by atoms with Crippen molar-refractivity contribution in [2.45, 2.75) is 52.5 Å². The highest BCUT2D eigenvalue weighted by molar-refractivity contribution is 6.18. The van der Waals surface area contributed by atoms with Gasteiger partial charge in [0.05, 0.1) is 0 Å². The van der Waals surface area contributed by atoms with Crippen LogP contribution in [0.2, 0.25) is 0 Å². The molecule has 2 heterocycles. The SMILES string of the molecule is CC1CCCCN1CCCN1C(=O)NC(=O)C(C)(C)C1=O. The molecule has 1 atom stereocenters. The van der Waals surface area contributed by atoms with Crippen LogP contribution in [-0.2, 0) is 9.59 Å². The van der Waals surface area contributed by atoms with E-state index in [1.54, 1.807) is 13.8 Å². The van der Waals surface area contributed by atoms with Gasteiger partial charge in [-0.2, -0.15) is 0 Å². The maximum absolute atomic E-state index is 12.2. The number of carbonyl (C=O) groups is 3. The maximum Gasteiger partial charge on any atom is 0.330 e. The number of imide groups is 2. The minimum atomic E-state index is -1.16. The minimum Gasteiger partial charge on any atom is -0.301 e. The molecule has 118 valence electrons. The summed E-state index contributed by atoms with van der Waals surface area (Å²) in [5, 5.41) is 2.26. The van der Waals surface area contributed by atoms with Crippen LogP contribution in [-0.4, -0.2) is 53.3 Å². The summed E-state index contributed by atoms with van der Waals surface area (Å²) in [4.78, 5) is 39.3. The Labute approximate surface area is 125 Å². The number of amides is 4. The third-order valence-corrected chi connectivity index (χ3v) is 4.58. The molecule has 0 spiro atoms. The van der Waals surface area contributed by atoms with E-state index < -0.39 is 23.3 Å². The molecule has 1 N–H and O–H groups in total. The lowest BCUT2D eigenvalue weighted by atomic mass is 9.89. The molecule has 4 amide bonds. The molecule has 2 aliphatic rings. The van der Waals surface area contributed by atoms with E-state index in [1.165, 1.54) is 24.2 Å². The van der Waals surface area contributed by atoms with Gasteiger partial charge < -0.3 is 4.90 Å². The number of hydrogen-bond donors (Lipinski definition) is 1. The molecule has 2 fully saturated rings. The number of hydrogen-bond acceptors (Lipinski definition) is 4. The van der Waals surface area contributed by atoms with Crippen molar-refractivity contribution < 1.29 is 14.4 Å². The molecule has 6 nitrogen and oxygen atoms in total. The molecule has 21 heavy (non-hydrogen) atoms. The first-order valence-corrected chi connectivity index (χ1v) is 7.75. The summed E-state index contributed by atoms with van der Waals surface area (Å²) in [7, 11) is 0. The van der Waals surface area contributed by atoms with E-state index in [0.29, 0.717) is 12.6 Å². The Hall–Kier alpha value is -1.43. The van der Waals surface area contributed by atoms with Gasteiger partial charge in [-0.3, -0.25) is 19.8 Å². The molecule has 0 aromatic rings. The van der Waals surface area contributed by atoms with Crippen LogP contribution in [0.3, 0.4) is 0 Å². The van der Waals surface area contributed by atoms with Crippen LogP contribution >= 0.6 is 0 Å². The molecule has 1 unspecified atom stereocenters. The quantitative estimate of drug-likeness (QED) is 0.795. The number of nitrogens with zero attached hydrogens (tertiary/aromatic N) is 2. The summed E-state index contributed by atoms with van der Waals surface area (Å²) < 4.78 is 0. The van der Waals surface area contributed by atoms with E-state index in [4.69, 9.17) is 0 Å². The number of piperidine rings is 1. The predicted molar refractivity (Wildman–Crippen MR) is 78.5 cm³/mol. The van der Waals surface area contributed by atoms with Crippen molar-refractivity contribution in [3.8, 4) is 0 Å². The van der Waals surface area contributed by atoms with Crippen molar-refractivity contribution in [3.63, 3.8) is 0 Å². The fraction of sp³-hybridized carbons (Fsp3) is 0.800. The summed E-state index contributed by atoms with van der Waals surface area (Å²) in [5.41, 5.74) is -1.16. The van der Waals surface area contributed by atoms with Gasteiger partial charge in [0.2, 0.25) is 11.8 Å². The van der Waals surface area contributed by atoms with E-state index in [9.17, 15) is 14.4 Å².